The van der Waals surface area contributed by atoms with E-state index in [9.17, 15) is 25.3 Å². The zero-order valence-corrected chi connectivity index (χ0v) is 15.2. The molecule has 0 saturated carbocycles. The summed E-state index contributed by atoms with van der Waals surface area (Å²) >= 11 is 0. The van der Waals surface area contributed by atoms with Crippen LogP contribution < -0.4 is 0 Å². The van der Waals surface area contributed by atoms with Crippen LogP contribution in [-0.4, -0.2) is 41.0 Å². The molecular weight excluding hydrogens is 331 g/mol. The quantitative estimate of drug-likeness (QED) is 0.674. The van der Waals surface area contributed by atoms with Crippen LogP contribution in [-0.2, 0) is 28.4 Å². The topological polar surface area (TPSA) is 102 Å². The van der Waals surface area contributed by atoms with Crippen molar-refractivity contribution in [2.24, 2.45) is 0 Å². The third-order valence-electron chi connectivity index (χ3n) is 2.41. The Bertz CT molecular complexity index is 523. The van der Waals surface area contributed by atoms with Gasteiger partial charge in [-0.2, -0.15) is 0 Å². The molecule has 10 heteroatoms. The average Bonchev–Trinajstić information content (AvgIpc) is 2.14. The van der Waals surface area contributed by atoms with Gasteiger partial charge in [0.25, 0.3) is 5.53 Å². The second-order valence-electron chi connectivity index (χ2n) is 4.91. The lowest BCUT2D eigenvalue weighted by Crippen LogP contribution is -2.27. The van der Waals surface area contributed by atoms with E-state index in [4.69, 9.17) is 0 Å². The van der Waals surface area contributed by atoms with Gasteiger partial charge in [-0.1, -0.05) is 0 Å². The molecule has 0 aliphatic carbocycles. The fourth-order valence-electron chi connectivity index (χ4n) is 0.951. The summed E-state index contributed by atoms with van der Waals surface area (Å²) in [5.41, 5.74) is -3.19. The van der Waals surface area contributed by atoms with E-state index in [0.717, 1.165) is 0 Å². The molecule has 0 amide bonds. The molecule has 0 fully saturated rings. The highest BCUT2D eigenvalue weighted by molar-refractivity contribution is 9.06. The molecule has 19 heavy (non-hydrogen) atoms. The summed E-state index contributed by atoms with van der Waals surface area (Å²) in [4.78, 5) is 0. The van der Waals surface area contributed by atoms with Gasteiger partial charge >= 0.3 is 0 Å². The maximum absolute atomic E-state index is 12.2. The van der Waals surface area contributed by atoms with Crippen LogP contribution in [0.4, 0.5) is 0 Å². The second kappa shape index (κ2) is 5.95. The molecule has 0 aliphatic rings. The molecule has 0 rings (SSSR count). The van der Waals surface area contributed by atoms with Gasteiger partial charge in [0.2, 0.25) is 0 Å². The molecule has 6 nitrogen and oxygen atoms in total. The van der Waals surface area contributed by atoms with Crippen molar-refractivity contribution in [3.05, 3.63) is 0 Å². The Morgan fingerprint density at radius 2 is 0.684 bits per heavy atom. The van der Waals surface area contributed by atoms with E-state index in [-0.39, 0.29) is 0 Å². The van der Waals surface area contributed by atoms with Crippen LogP contribution in [0.3, 0.4) is 0 Å². The van der Waals surface area contributed by atoms with Gasteiger partial charge < -0.3 is 0 Å². The van der Waals surface area contributed by atoms with Crippen LogP contribution in [0.25, 0.3) is 0 Å². The highest BCUT2D eigenvalue weighted by Crippen LogP contribution is 2.59. The molecule has 116 valence electrons. The maximum Gasteiger partial charge on any atom is 0.264 e. The molecule has 0 aromatic heterocycles. The minimum atomic E-state index is -4.26. The van der Waals surface area contributed by atoms with Crippen molar-refractivity contribution >= 4 is 33.9 Å². The summed E-state index contributed by atoms with van der Waals surface area (Å²) in [6.45, 7) is 7.73. The summed E-state index contributed by atoms with van der Waals surface area (Å²) in [6, 6.07) is 0. The van der Waals surface area contributed by atoms with Gasteiger partial charge in [-0.25, -0.2) is 25.3 Å². The van der Waals surface area contributed by atoms with Gasteiger partial charge in [-0.3, -0.25) is 0 Å². The van der Waals surface area contributed by atoms with E-state index in [0.29, 0.717) is 0 Å². The predicted molar refractivity (Wildman–Crippen MR) is 79.1 cm³/mol. The molecule has 0 saturated heterocycles. The third kappa shape index (κ3) is 3.68. The Hall–Kier alpha value is 0.280. The van der Waals surface area contributed by atoms with Crippen LogP contribution in [0.15, 0.2) is 0 Å². The van der Waals surface area contributed by atoms with E-state index in [1.807, 2.05) is 0 Å². The lowest BCUT2D eigenvalue weighted by atomic mass is 10.6. The molecule has 0 aliphatic heterocycles. The summed E-state index contributed by atoms with van der Waals surface area (Å²) in [6.07, 6.45) is 0. The molecule has 0 unspecified atom stereocenters. The first kappa shape index (κ1) is 19.3. The molecular formula is C9H21O6PS3. The summed E-state index contributed by atoms with van der Waals surface area (Å²) in [7, 11) is -12.8. The highest BCUT2D eigenvalue weighted by atomic mass is 33.4. The normalized spacial score (nSPS) is 14.8. The van der Waals surface area contributed by atoms with Crippen LogP contribution in [0.2, 0.25) is 0 Å². The Labute approximate surface area is 116 Å². The summed E-state index contributed by atoms with van der Waals surface area (Å²) in [5, 5.41) is -3.16. The van der Waals surface area contributed by atoms with Gasteiger partial charge in [-0.15, -0.1) is 0 Å². The van der Waals surface area contributed by atoms with Gasteiger partial charge in [-0.05, 0) is 41.5 Å². The molecule has 0 spiro atoms. The molecule has 0 heterocycles. The van der Waals surface area contributed by atoms with Gasteiger partial charge in [0, 0.05) is 0 Å². The monoisotopic (exact) mass is 352 g/mol. The van der Waals surface area contributed by atoms with Crippen molar-refractivity contribution in [2.75, 3.05) is 0 Å². The highest BCUT2D eigenvalue weighted by Gasteiger charge is 2.51. The van der Waals surface area contributed by atoms with Crippen molar-refractivity contribution in [2.45, 2.75) is 57.3 Å². The minimum Gasteiger partial charge on any atom is -0.222 e. The van der Waals surface area contributed by atoms with E-state index in [1.165, 1.54) is 41.5 Å². The predicted octanol–water partition coefficient (Wildman–Crippen LogP) is 1.68. The lowest BCUT2D eigenvalue weighted by molar-refractivity contribution is 0.596. The smallest absolute Gasteiger partial charge is 0.222 e. The van der Waals surface area contributed by atoms with Crippen LogP contribution in [0, 0.1) is 0 Å². The fraction of sp³-hybridized carbons (Fsp3) is 1.00. The number of hydrogen-bond acceptors (Lipinski definition) is 6. The zero-order chi connectivity index (χ0) is 15.8. The Kier molecular flexibility index (Phi) is 6.04. The largest absolute Gasteiger partial charge is 0.264 e. The summed E-state index contributed by atoms with van der Waals surface area (Å²) < 4.78 is 73.2. The van der Waals surface area contributed by atoms with Crippen molar-refractivity contribution in [3.8, 4) is 0 Å². The van der Waals surface area contributed by atoms with E-state index in [1.54, 1.807) is 0 Å². The summed E-state index contributed by atoms with van der Waals surface area (Å²) in [5.74, 6) is 0. The standard InChI is InChI=1S/C9H21O6PS3/c1-7(2)17(10,11)16(18(12,13)8(3)4)19(14,15)9(5)6/h7-9H,1-6H3. The SMILES string of the molecule is CC(C)S(=O)(=O)P(S(=O)(=O)C(C)C)S(=O)(=O)C(C)C. The molecule has 0 N–H and O–H groups in total. The molecule has 0 aromatic carbocycles. The first-order valence-corrected chi connectivity index (χ1v) is 13.5. The third-order valence-corrected chi connectivity index (χ3v) is 26.0. The van der Waals surface area contributed by atoms with Crippen molar-refractivity contribution in [1.82, 2.24) is 0 Å². The van der Waals surface area contributed by atoms with Crippen LogP contribution >= 0.6 is 5.53 Å². The Morgan fingerprint density at radius 1 is 0.526 bits per heavy atom. The van der Waals surface area contributed by atoms with Gasteiger partial charge in [0.1, 0.15) is 0 Å². The zero-order valence-electron chi connectivity index (χ0n) is 11.9. The first-order valence-electron chi connectivity index (χ1n) is 5.72. The van der Waals surface area contributed by atoms with Crippen LogP contribution in [0.1, 0.15) is 41.5 Å². The minimum absolute atomic E-state index is 1.05. The van der Waals surface area contributed by atoms with Gasteiger partial charge in [0.15, 0.2) is 28.4 Å². The fourth-order valence-corrected chi connectivity index (χ4v) is 25.7. The maximum atomic E-state index is 12.2. The molecule has 0 radical (unpaired) electrons. The van der Waals surface area contributed by atoms with Crippen molar-refractivity contribution < 1.29 is 25.3 Å². The molecule has 0 bridgehead atoms. The van der Waals surface area contributed by atoms with Crippen molar-refractivity contribution in [1.29, 1.82) is 0 Å². The number of rotatable bonds is 6. The van der Waals surface area contributed by atoms with E-state index in [2.05, 4.69) is 0 Å². The van der Waals surface area contributed by atoms with E-state index >= 15 is 0 Å². The second-order valence-corrected chi connectivity index (χ2v) is 21.2. The Morgan fingerprint density at radius 3 is 0.789 bits per heavy atom. The van der Waals surface area contributed by atoms with E-state index < -0.39 is 49.6 Å². The lowest BCUT2D eigenvalue weighted by Gasteiger charge is -2.23. The van der Waals surface area contributed by atoms with Gasteiger partial charge in [0.05, 0.1) is 15.7 Å². The van der Waals surface area contributed by atoms with Crippen LogP contribution in [0.5, 0.6) is 0 Å². The molecule has 0 atom stereocenters. The molecule has 0 aromatic rings. The average molecular weight is 352 g/mol. The number of hydrogen-bond donors (Lipinski definition) is 0. The Balaban J connectivity index is 6.46. The van der Waals surface area contributed by atoms with Crippen molar-refractivity contribution in [3.63, 3.8) is 0 Å². The first-order chi connectivity index (χ1) is 8.20.